The number of nitrogens with one attached hydrogen (secondary N) is 1. The van der Waals surface area contributed by atoms with Crippen molar-refractivity contribution in [3.63, 3.8) is 0 Å². The van der Waals surface area contributed by atoms with Gasteiger partial charge < -0.3 is 19.5 Å². The molecule has 1 N–H and O–H groups in total. The molecule has 0 heterocycles. The fourth-order valence-electron chi connectivity index (χ4n) is 2.16. The molecule has 2 rings (SSSR count). The van der Waals surface area contributed by atoms with Gasteiger partial charge in [0.25, 0.3) is 11.6 Å². The number of carbonyl (C=O) groups is 2. The van der Waals surface area contributed by atoms with E-state index in [0.717, 1.165) is 6.07 Å². The molecule has 0 saturated heterocycles. The molecule has 0 aliphatic carbocycles. The minimum absolute atomic E-state index is 0.0183. The predicted molar refractivity (Wildman–Crippen MR) is 96.6 cm³/mol. The van der Waals surface area contributed by atoms with Crippen LogP contribution in [0.1, 0.15) is 10.4 Å². The summed E-state index contributed by atoms with van der Waals surface area (Å²) < 4.78 is 15.2. The van der Waals surface area contributed by atoms with E-state index in [4.69, 9.17) is 25.8 Å². The van der Waals surface area contributed by atoms with Crippen LogP contribution in [0.25, 0.3) is 0 Å². The smallest absolute Gasteiger partial charge is 0.346 e. The van der Waals surface area contributed by atoms with E-state index < -0.39 is 23.4 Å². The third kappa shape index (κ3) is 4.85. The van der Waals surface area contributed by atoms with Crippen molar-refractivity contribution in [2.45, 2.75) is 0 Å². The van der Waals surface area contributed by atoms with Crippen LogP contribution in [0.3, 0.4) is 0 Å². The molecule has 0 atom stereocenters. The zero-order valence-corrected chi connectivity index (χ0v) is 15.1. The van der Waals surface area contributed by atoms with Crippen LogP contribution in [-0.4, -0.2) is 37.6 Å². The molecule has 27 heavy (non-hydrogen) atoms. The summed E-state index contributed by atoms with van der Waals surface area (Å²) in [6, 6.07) is 8.31. The van der Waals surface area contributed by atoms with Gasteiger partial charge in [-0.1, -0.05) is 17.7 Å². The van der Waals surface area contributed by atoms with E-state index >= 15 is 0 Å². The number of nitro benzene ring substituents is 1. The fourth-order valence-corrected chi connectivity index (χ4v) is 2.38. The molecular formula is C17H15ClN2O7. The van der Waals surface area contributed by atoms with Crippen LogP contribution in [0.5, 0.6) is 11.5 Å². The van der Waals surface area contributed by atoms with E-state index in [1.165, 1.54) is 26.4 Å². The number of esters is 1. The maximum Gasteiger partial charge on any atom is 0.346 e. The second-order valence-corrected chi connectivity index (χ2v) is 5.49. The minimum atomic E-state index is -0.811. The van der Waals surface area contributed by atoms with E-state index in [0.29, 0.717) is 0 Å². The predicted octanol–water partition coefficient (Wildman–Crippen LogP) is 3.06. The van der Waals surface area contributed by atoms with Gasteiger partial charge in [-0.05, 0) is 18.2 Å². The Bertz CT molecular complexity index is 863. The Kier molecular flexibility index (Phi) is 6.56. The Morgan fingerprint density at radius 3 is 2.30 bits per heavy atom. The molecule has 0 radical (unpaired) electrons. The highest BCUT2D eigenvalue weighted by Crippen LogP contribution is 2.29. The quantitative estimate of drug-likeness (QED) is 0.435. The summed E-state index contributed by atoms with van der Waals surface area (Å²) in [7, 11) is 2.77. The monoisotopic (exact) mass is 394 g/mol. The van der Waals surface area contributed by atoms with Crippen molar-refractivity contribution in [2.75, 3.05) is 26.1 Å². The lowest BCUT2D eigenvalue weighted by molar-refractivity contribution is -0.384. The Hall–Kier alpha value is -3.33. The molecule has 2 aromatic carbocycles. The minimum Gasteiger partial charge on any atom is -0.496 e. The Balaban J connectivity index is 2.04. The molecule has 0 fully saturated rings. The standard InChI is InChI=1S/C17H15ClN2O7/c1-25-13-4-3-5-14(26-2)16(13)17(22)27-9-15(21)19-12-7-6-10(20(23)24)8-11(12)18/h3-8H,9H2,1-2H3,(H,19,21). The molecule has 0 unspecified atom stereocenters. The normalized spacial score (nSPS) is 10.0. The van der Waals surface area contributed by atoms with Gasteiger partial charge in [0.1, 0.15) is 17.1 Å². The second kappa shape index (κ2) is 8.86. The van der Waals surface area contributed by atoms with Gasteiger partial charge >= 0.3 is 5.97 Å². The number of ether oxygens (including phenoxy) is 3. The lowest BCUT2D eigenvalue weighted by Gasteiger charge is -2.12. The largest absolute Gasteiger partial charge is 0.496 e. The van der Waals surface area contributed by atoms with Crippen molar-refractivity contribution >= 4 is 34.9 Å². The summed E-state index contributed by atoms with van der Waals surface area (Å²) in [6.07, 6.45) is 0. The maximum atomic E-state index is 12.3. The van der Waals surface area contributed by atoms with Gasteiger partial charge in [-0.15, -0.1) is 0 Å². The number of anilines is 1. The van der Waals surface area contributed by atoms with Crippen molar-refractivity contribution in [3.05, 3.63) is 57.1 Å². The molecule has 0 aromatic heterocycles. The zero-order valence-electron chi connectivity index (χ0n) is 14.4. The number of hydrogen-bond donors (Lipinski definition) is 1. The van der Waals surface area contributed by atoms with Crippen LogP contribution < -0.4 is 14.8 Å². The second-order valence-electron chi connectivity index (χ2n) is 5.08. The molecule has 2 aromatic rings. The topological polar surface area (TPSA) is 117 Å². The number of methoxy groups -OCH3 is 2. The SMILES string of the molecule is COc1cccc(OC)c1C(=O)OCC(=O)Nc1ccc([N+](=O)[O-])cc1Cl. The van der Waals surface area contributed by atoms with Crippen LogP contribution in [0.4, 0.5) is 11.4 Å². The van der Waals surface area contributed by atoms with E-state index in [-0.39, 0.29) is 33.5 Å². The fraction of sp³-hybridized carbons (Fsp3) is 0.176. The highest BCUT2D eigenvalue weighted by atomic mass is 35.5. The number of nitrogens with zero attached hydrogens (tertiary/aromatic N) is 1. The first-order valence-corrected chi connectivity index (χ1v) is 7.87. The summed E-state index contributed by atoms with van der Waals surface area (Å²) >= 11 is 5.90. The van der Waals surface area contributed by atoms with Gasteiger partial charge in [0.2, 0.25) is 0 Å². The molecule has 10 heteroatoms. The van der Waals surface area contributed by atoms with Crippen LogP contribution in [0, 0.1) is 10.1 Å². The average molecular weight is 395 g/mol. The first-order chi connectivity index (χ1) is 12.9. The number of hydrogen-bond acceptors (Lipinski definition) is 7. The number of benzene rings is 2. The van der Waals surface area contributed by atoms with Crippen molar-refractivity contribution in [3.8, 4) is 11.5 Å². The van der Waals surface area contributed by atoms with Crippen molar-refractivity contribution in [1.29, 1.82) is 0 Å². The van der Waals surface area contributed by atoms with Gasteiger partial charge in [-0.2, -0.15) is 0 Å². The van der Waals surface area contributed by atoms with Gasteiger partial charge in [0, 0.05) is 12.1 Å². The van der Waals surface area contributed by atoms with E-state index in [9.17, 15) is 19.7 Å². The molecular weight excluding hydrogens is 380 g/mol. The Morgan fingerprint density at radius 2 is 1.78 bits per heavy atom. The molecule has 0 aliphatic rings. The van der Waals surface area contributed by atoms with Crippen molar-refractivity contribution < 1.29 is 28.7 Å². The van der Waals surface area contributed by atoms with E-state index in [2.05, 4.69) is 5.32 Å². The molecule has 0 bridgehead atoms. The molecule has 9 nitrogen and oxygen atoms in total. The summed E-state index contributed by atoms with van der Waals surface area (Å²) in [5.74, 6) is -1.02. The zero-order chi connectivity index (χ0) is 20.0. The van der Waals surface area contributed by atoms with E-state index in [1.807, 2.05) is 0 Å². The highest BCUT2D eigenvalue weighted by Gasteiger charge is 2.21. The summed E-state index contributed by atoms with van der Waals surface area (Å²) in [4.78, 5) is 34.3. The van der Waals surface area contributed by atoms with E-state index in [1.54, 1.807) is 18.2 Å². The number of amides is 1. The molecule has 0 aliphatic heterocycles. The Morgan fingerprint density at radius 1 is 1.15 bits per heavy atom. The van der Waals surface area contributed by atoms with Gasteiger partial charge in [-0.25, -0.2) is 4.79 Å². The third-order valence-corrected chi connectivity index (χ3v) is 3.72. The Labute approximate surface area is 158 Å². The van der Waals surface area contributed by atoms with Crippen molar-refractivity contribution in [1.82, 2.24) is 0 Å². The molecule has 0 spiro atoms. The maximum absolute atomic E-state index is 12.3. The number of non-ortho nitro benzene ring substituents is 1. The number of rotatable bonds is 7. The van der Waals surface area contributed by atoms with Crippen LogP contribution in [-0.2, 0) is 9.53 Å². The number of nitro groups is 1. The van der Waals surface area contributed by atoms with Crippen LogP contribution in [0.2, 0.25) is 5.02 Å². The summed E-state index contributed by atoms with van der Waals surface area (Å²) in [6.45, 7) is -0.604. The molecule has 142 valence electrons. The molecule has 1 amide bonds. The first-order valence-electron chi connectivity index (χ1n) is 7.49. The van der Waals surface area contributed by atoms with Crippen molar-refractivity contribution in [2.24, 2.45) is 0 Å². The summed E-state index contributed by atoms with van der Waals surface area (Å²) in [5.41, 5.74) is -0.0189. The van der Waals surface area contributed by atoms with Gasteiger partial charge in [0.05, 0.1) is 29.9 Å². The lowest BCUT2D eigenvalue weighted by Crippen LogP contribution is -2.21. The number of carbonyl (C=O) groups excluding carboxylic acids is 2. The highest BCUT2D eigenvalue weighted by molar-refractivity contribution is 6.34. The van der Waals surface area contributed by atoms with Gasteiger partial charge in [0.15, 0.2) is 6.61 Å². The van der Waals surface area contributed by atoms with Crippen LogP contribution >= 0.6 is 11.6 Å². The average Bonchev–Trinajstić information content (AvgIpc) is 2.66. The molecule has 0 saturated carbocycles. The third-order valence-electron chi connectivity index (χ3n) is 3.40. The summed E-state index contributed by atoms with van der Waals surface area (Å²) in [5, 5.41) is 13.1. The lowest BCUT2D eigenvalue weighted by atomic mass is 10.2. The van der Waals surface area contributed by atoms with Crippen LogP contribution in [0.15, 0.2) is 36.4 Å². The first kappa shape index (κ1) is 20.0. The number of halogens is 1. The van der Waals surface area contributed by atoms with Gasteiger partial charge in [-0.3, -0.25) is 14.9 Å².